The van der Waals surface area contributed by atoms with E-state index in [0.717, 1.165) is 24.2 Å². The average Bonchev–Trinajstić information content (AvgIpc) is 3.12. The van der Waals surface area contributed by atoms with Crippen molar-refractivity contribution in [2.45, 2.75) is 31.1 Å². The summed E-state index contributed by atoms with van der Waals surface area (Å²) in [5, 5.41) is 8.95. The summed E-state index contributed by atoms with van der Waals surface area (Å²) in [4.78, 5) is 0. The van der Waals surface area contributed by atoms with E-state index in [2.05, 4.69) is 30.7 Å². The molecule has 0 bridgehead atoms. The normalized spacial score (nSPS) is 15.1. The minimum absolute atomic E-state index is 0.240. The molecule has 0 spiro atoms. The van der Waals surface area contributed by atoms with Gasteiger partial charge in [0, 0.05) is 6.04 Å². The molecule has 3 nitrogen and oxygen atoms in total. The van der Waals surface area contributed by atoms with Gasteiger partial charge < -0.3 is 4.57 Å². The van der Waals surface area contributed by atoms with Gasteiger partial charge in [-0.05, 0) is 31.9 Å². The van der Waals surface area contributed by atoms with E-state index in [4.69, 9.17) is 0 Å². The molecule has 1 aromatic heterocycles. The van der Waals surface area contributed by atoms with Crippen LogP contribution in [0.25, 0.3) is 11.4 Å². The SMILES string of the molecule is Cc1ccc(F)c(-c2nnc(CBr)n2C2CC2)c1. The third kappa shape index (κ3) is 1.96. The summed E-state index contributed by atoms with van der Waals surface area (Å²) in [7, 11) is 0. The number of aryl methyl sites for hydroxylation is 1. The fourth-order valence-corrected chi connectivity index (χ4v) is 2.51. The van der Waals surface area contributed by atoms with Gasteiger partial charge in [-0.15, -0.1) is 10.2 Å². The first kappa shape index (κ1) is 11.8. The molecule has 2 aromatic rings. The first-order chi connectivity index (χ1) is 8.70. The van der Waals surface area contributed by atoms with Crippen LogP contribution < -0.4 is 0 Å². The van der Waals surface area contributed by atoms with E-state index in [-0.39, 0.29) is 5.82 Å². The summed E-state index contributed by atoms with van der Waals surface area (Å²) in [6.45, 7) is 1.95. The van der Waals surface area contributed by atoms with E-state index >= 15 is 0 Å². The summed E-state index contributed by atoms with van der Waals surface area (Å²) < 4.78 is 16.0. The first-order valence-corrected chi connectivity index (χ1v) is 7.09. The fraction of sp³-hybridized carbons (Fsp3) is 0.385. The lowest BCUT2D eigenvalue weighted by atomic mass is 10.1. The van der Waals surface area contributed by atoms with Crippen LogP contribution in [-0.2, 0) is 5.33 Å². The Hall–Kier alpha value is -1.23. The van der Waals surface area contributed by atoms with Crippen molar-refractivity contribution < 1.29 is 4.39 Å². The van der Waals surface area contributed by atoms with Crippen LogP contribution in [0.1, 0.15) is 30.3 Å². The molecule has 0 N–H and O–H groups in total. The molecule has 1 aromatic carbocycles. The Morgan fingerprint density at radius 3 is 2.83 bits per heavy atom. The molecule has 94 valence electrons. The van der Waals surface area contributed by atoms with Crippen LogP contribution in [0, 0.1) is 12.7 Å². The van der Waals surface area contributed by atoms with Crippen molar-refractivity contribution in [3.8, 4) is 11.4 Å². The number of halogens is 2. The lowest BCUT2D eigenvalue weighted by molar-refractivity contribution is 0.625. The highest BCUT2D eigenvalue weighted by molar-refractivity contribution is 9.08. The molecular weight excluding hydrogens is 297 g/mol. The quantitative estimate of drug-likeness (QED) is 0.811. The summed E-state index contributed by atoms with van der Waals surface area (Å²) in [5.74, 6) is 1.28. The lowest BCUT2D eigenvalue weighted by Crippen LogP contribution is -2.03. The molecule has 1 saturated carbocycles. The number of benzene rings is 1. The summed E-state index contributed by atoms with van der Waals surface area (Å²) in [5.41, 5.74) is 1.57. The van der Waals surface area contributed by atoms with E-state index in [1.54, 1.807) is 6.07 Å². The molecule has 0 unspecified atom stereocenters. The molecule has 1 aliphatic rings. The Morgan fingerprint density at radius 2 is 2.17 bits per heavy atom. The van der Waals surface area contributed by atoms with Gasteiger partial charge in [-0.3, -0.25) is 0 Å². The van der Waals surface area contributed by atoms with Crippen molar-refractivity contribution in [3.63, 3.8) is 0 Å². The Bertz CT molecular complexity index is 590. The number of rotatable bonds is 3. The van der Waals surface area contributed by atoms with Crippen LogP contribution >= 0.6 is 15.9 Å². The van der Waals surface area contributed by atoms with Gasteiger partial charge in [-0.1, -0.05) is 27.6 Å². The maximum atomic E-state index is 13.9. The summed E-state index contributed by atoms with van der Waals surface area (Å²) >= 11 is 3.41. The molecular formula is C13H13BrFN3. The van der Waals surface area contributed by atoms with Crippen molar-refractivity contribution in [1.29, 1.82) is 0 Å². The van der Waals surface area contributed by atoms with Crippen molar-refractivity contribution in [2.24, 2.45) is 0 Å². The second-order valence-electron chi connectivity index (χ2n) is 4.66. The molecule has 18 heavy (non-hydrogen) atoms. The van der Waals surface area contributed by atoms with E-state index < -0.39 is 0 Å². The minimum Gasteiger partial charge on any atom is -0.307 e. The second kappa shape index (κ2) is 4.46. The van der Waals surface area contributed by atoms with Gasteiger partial charge in [0.05, 0.1) is 10.9 Å². The van der Waals surface area contributed by atoms with Crippen LogP contribution in [0.3, 0.4) is 0 Å². The molecule has 5 heteroatoms. The molecule has 1 heterocycles. The molecule has 0 amide bonds. The van der Waals surface area contributed by atoms with Crippen LogP contribution in [0.5, 0.6) is 0 Å². The fourth-order valence-electron chi connectivity index (χ4n) is 2.13. The zero-order valence-corrected chi connectivity index (χ0v) is 11.6. The van der Waals surface area contributed by atoms with Crippen LogP contribution in [0.2, 0.25) is 0 Å². The smallest absolute Gasteiger partial charge is 0.167 e. The van der Waals surface area contributed by atoms with Gasteiger partial charge >= 0.3 is 0 Å². The molecule has 0 aliphatic heterocycles. The van der Waals surface area contributed by atoms with Gasteiger partial charge in [-0.2, -0.15) is 0 Å². The lowest BCUT2D eigenvalue weighted by Gasteiger charge is -2.09. The van der Waals surface area contributed by atoms with Gasteiger partial charge in [-0.25, -0.2) is 4.39 Å². The van der Waals surface area contributed by atoms with Gasteiger partial charge in [0.2, 0.25) is 0 Å². The van der Waals surface area contributed by atoms with Gasteiger partial charge in [0.15, 0.2) is 5.82 Å². The molecule has 1 fully saturated rings. The maximum Gasteiger partial charge on any atom is 0.167 e. The van der Waals surface area contributed by atoms with Gasteiger partial charge in [0.1, 0.15) is 11.6 Å². The summed E-state index contributed by atoms with van der Waals surface area (Å²) in [6, 6.07) is 5.52. The molecule has 0 saturated heterocycles. The van der Waals surface area contributed by atoms with Crippen LogP contribution in [-0.4, -0.2) is 14.8 Å². The number of alkyl halides is 1. The van der Waals surface area contributed by atoms with E-state index in [0.29, 0.717) is 22.8 Å². The van der Waals surface area contributed by atoms with Crippen molar-refractivity contribution in [1.82, 2.24) is 14.8 Å². The van der Waals surface area contributed by atoms with Crippen LogP contribution in [0.15, 0.2) is 18.2 Å². The van der Waals surface area contributed by atoms with Crippen molar-refractivity contribution in [3.05, 3.63) is 35.4 Å². The third-order valence-electron chi connectivity index (χ3n) is 3.16. The van der Waals surface area contributed by atoms with E-state index in [1.165, 1.54) is 6.07 Å². The Morgan fingerprint density at radius 1 is 1.39 bits per heavy atom. The zero-order valence-electron chi connectivity index (χ0n) is 10.0. The predicted molar refractivity (Wildman–Crippen MR) is 71.1 cm³/mol. The highest BCUT2D eigenvalue weighted by Crippen LogP contribution is 2.39. The monoisotopic (exact) mass is 309 g/mol. The minimum atomic E-state index is -0.240. The van der Waals surface area contributed by atoms with Crippen molar-refractivity contribution >= 4 is 15.9 Å². The third-order valence-corrected chi connectivity index (χ3v) is 3.66. The Kier molecular flexibility index (Phi) is 2.93. The number of hydrogen-bond acceptors (Lipinski definition) is 2. The number of aromatic nitrogens is 3. The number of nitrogens with zero attached hydrogens (tertiary/aromatic N) is 3. The molecule has 0 radical (unpaired) electrons. The molecule has 1 aliphatic carbocycles. The predicted octanol–water partition coefficient (Wildman–Crippen LogP) is 3.62. The number of hydrogen-bond donors (Lipinski definition) is 0. The van der Waals surface area contributed by atoms with E-state index in [1.807, 2.05) is 13.0 Å². The van der Waals surface area contributed by atoms with E-state index in [9.17, 15) is 4.39 Å². The Balaban J connectivity index is 2.16. The molecule has 3 rings (SSSR count). The highest BCUT2D eigenvalue weighted by atomic mass is 79.9. The maximum absolute atomic E-state index is 13.9. The first-order valence-electron chi connectivity index (χ1n) is 5.97. The standard InChI is InChI=1S/C13H13BrFN3/c1-8-2-5-11(15)10(6-8)13-17-16-12(7-14)18(13)9-3-4-9/h2,5-6,9H,3-4,7H2,1H3. The average molecular weight is 310 g/mol. The Labute approximate surface area is 113 Å². The zero-order chi connectivity index (χ0) is 12.7. The topological polar surface area (TPSA) is 30.7 Å². The van der Waals surface area contributed by atoms with Gasteiger partial charge in [0.25, 0.3) is 0 Å². The summed E-state index contributed by atoms with van der Waals surface area (Å²) in [6.07, 6.45) is 2.25. The largest absolute Gasteiger partial charge is 0.307 e. The van der Waals surface area contributed by atoms with Crippen molar-refractivity contribution in [2.75, 3.05) is 0 Å². The molecule has 0 atom stereocenters. The highest BCUT2D eigenvalue weighted by Gasteiger charge is 2.30. The van der Waals surface area contributed by atoms with Crippen LogP contribution in [0.4, 0.5) is 4.39 Å². The second-order valence-corrected chi connectivity index (χ2v) is 5.22.